The van der Waals surface area contributed by atoms with Crippen molar-refractivity contribution >= 4 is 12.0 Å². The lowest BCUT2D eigenvalue weighted by Gasteiger charge is -2.19. The third-order valence-corrected chi connectivity index (χ3v) is 5.32. The SMILES string of the molecule is Cn1nc(C2CCOCC2)cc1Oc1cc(C=C=O)ccc1-c1ncc(CCN)cn1. The molecule has 8 heteroatoms. The topological polar surface area (TPSA) is 105 Å². The molecule has 0 bridgehead atoms. The Morgan fingerprint density at radius 2 is 2.03 bits per heavy atom. The van der Waals surface area contributed by atoms with Crippen LogP contribution in [0.25, 0.3) is 17.5 Å². The summed E-state index contributed by atoms with van der Waals surface area (Å²) >= 11 is 0. The molecule has 0 unspecified atom stereocenters. The van der Waals surface area contributed by atoms with E-state index < -0.39 is 0 Å². The number of rotatable bonds is 7. The zero-order chi connectivity index (χ0) is 21.6. The minimum atomic E-state index is 0.361. The highest BCUT2D eigenvalue weighted by Gasteiger charge is 2.21. The number of aromatic nitrogens is 4. The van der Waals surface area contributed by atoms with Gasteiger partial charge in [-0.2, -0.15) is 5.10 Å². The summed E-state index contributed by atoms with van der Waals surface area (Å²) in [5.74, 6) is 3.85. The normalized spacial score (nSPS) is 14.3. The fourth-order valence-corrected chi connectivity index (χ4v) is 3.63. The average Bonchev–Trinajstić information content (AvgIpc) is 3.16. The predicted molar refractivity (Wildman–Crippen MR) is 116 cm³/mol. The molecule has 160 valence electrons. The zero-order valence-corrected chi connectivity index (χ0v) is 17.5. The molecular weight excluding hydrogens is 394 g/mol. The van der Waals surface area contributed by atoms with Gasteiger partial charge in [-0.25, -0.2) is 19.4 Å². The monoisotopic (exact) mass is 419 g/mol. The molecule has 1 saturated heterocycles. The second kappa shape index (κ2) is 9.66. The van der Waals surface area contributed by atoms with Gasteiger partial charge in [-0.15, -0.1) is 0 Å². The van der Waals surface area contributed by atoms with Crippen molar-refractivity contribution in [3.8, 4) is 23.0 Å². The van der Waals surface area contributed by atoms with Crippen LogP contribution in [0.15, 0.2) is 36.7 Å². The van der Waals surface area contributed by atoms with Gasteiger partial charge in [0.1, 0.15) is 11.7 Å². The molecule has 2 aromatic heterocycles. The molecule has 0 amide bonds. The van der Waals surface area contributed by atoms with Crippen LogP contribution >= 0.6 is 0 Å². The van der Waals surface area contributed by atoms with Gasteiger partial charge in [0, 0.05) is 50.7 Å². The molecule has 31 heavy (non-hydrogen) atoms. The van der Waals surface area contributed by atoms with Crippen LogP contribution in [0.3, 0.4) is 0 Å². The van der Waals surface area contributed by atoms with E-state index in [0.717, 1.165) is 49.3 Å². The Morgan fingerprint density at radius 3 is 2.74 bits per heavy atom. The van der Waals surface area contributed by atoms with Crippen LogP contribution in [-0.4, -0.2) is 45.4 Å². The molecule has 0 radical (unpaired) electrons. The van der Waals surface area contributed by atoms with Gasteiger partial charge >= 0.3 is 0 Å². The van der Waals surface area contributed by atoms with E-state index in [-0.39, 0.29) is 0 Å². The number of benzene rings is 1. The van der Waals surface area contributed by atoms with Gasteiger partial charge in [-0.3, -0.25) is 0 Å². The molecule has 0 spiro atoms. The van der Waals surface area contributed by atoms with E-state index in [9.17, 15) is 4.79 Å². The van der Waals surface area contributed by atoms with Crippen molar-refractivity contribution in [1.29, 1.82) is 0 Å². The minimum Gasteiger partial charge on any atom is -0.439 e. The average molecular weight is 419 g/mol. The van der Waals surface area contributed by atoms with E-state index in [1.54, 1.807) is 29.2 Å². The predicted octanol–water partition coefficient (Wildman–Crippen LogP) is 2.91. The molecule has 0 saturated carbocycles. The maximum absolute atomic E-state index is 10.8. The molecule has 0 atom stereocenters. The quantitative estimate of drug-likeness (QED) is 0.587. The number of nitrogens with two attached hydrogens (primary N) is 1. The van der Waals surface area contributed by atoms with Gasteiger partial charge in [0.2, 0.25) is 5.88 Å². The lowest BCUT2D eigenvalue weighted by molar-refractivity contribution is 0.0844. The first-order chi connectivity index (χ1) is 15.2. The molecule has 1 aliphatic heterocycles. The van der Waals surface area contributed by atoms with Crippen molar-refractivity contribution < 1.29 is 14.3 Å². The van der Waals surface area contributed by atoms with Crippen LogP contribution in [0.2, 0.25) is 0 Å². The third-order valence-electron chi connectivity index (χ3n) is 5.32. The fraction of sp³-hybridized carbons (Fsp3) is 0.348. The van der Waals surface area contributed by atoms with Gasteiger partial charge in [0.05, 0.1) is 11.3 Å². The van der Waals surface area contributed by atoms with Crippen LogP contribution < -0.4 is 10.5 Å². The first kappa shape index (κ1) is 20.9. The van der Waals surface area contributed by atoms with E-state index in [1.165, 1.54) is 6.08 Å². The number of hydrogen-bond acceptors (Lipinski definition) is 7. The molecule has 8 nitrogen and oxygen atoms in total. The Labute approximate surface area is 180 Å². The second-order valence-electron chi connectivity index (χ2n) is 7.49. The molecule has 0 aliphatic carbocycles. The van der Waals surface area contributed by atoms with E-state index in [2.05, 4.69) is 15.1 Å². The first-order valence-corrected chi connectivity index (χ1v) is 10.3. The fourth-order valence-electron chi connectivity index (χ4n) is 3.63. The molecule has 3 heterocycles. The van der Waals surface area contributed by atoms with E-state index in [0.29, 0.717) is 35.5 Å². The number of carbonyl (C=O) groups excluding carboxylic acids is 1. The molecule has 1 aromatic carbocycles. The summed E-state index contributed by atoms with van der Waals surface area (Å²) in [6.45, 7) is 2.04. The number of nitrogens with zero attached hydrogens (tertiary/aromatic N) is 4. The molecule has 2 N–H and O–H groups in total. The second-order valence-corrected chi connectivity index (χ2v) is 7.49. The summed E-state index contributed by atoms with van der Waals surface area (Å²) in [6.07, 6.45) is 7.51. The highest BCUT2D eigenvalue weighted by Crippen LogP contribution is 2.35. The standard InChI is InChI=1S/C23H25N5O3/c1-28-22(13-20(27-28)18-6-10-30-11-7-18)31-21-12-16(5-9-29)2-3-19(21)23-25-14-17(4-8-24)15-26-23/h2-3,5,12-15,18H,4,6-8,10-11,24H2,1H3. The van der Waals surface area contributed by atoms with Gasteiger partial charge in [0.15, 0.2) is 5.82 Å². The summed E-state index contributed by atoms with van der Waals surface area (Å²) in [7, 11) is 1.85. The van der Waals surface area contributed by atoms with Crippen LogP contribution in [0.4, 0.5) is 0 Å². The number of hydrogen-bond donors (Lipinski definition) is 1. The maximum atomic E-state index is 10.8. The van der Waals surface area contributed by atoms with Gasteiger partial charge in [-0.05, 0) is 49.1 Å². The lowest BCUT2D eigenvalue weighted by atomic mass is 9.97. The molecule has 1 aliphatic rings. The minimum absolute atomic E-state index is 0.361. The van der Waals surface area contributed by atoms with Crippen LogP contribution in [0, 0.1) is 0 Å². The summed E-state index contributed by atoms with van der Waals surface area (Å²) in [5, 5.41) is 4.65. The number of aryl methyl sites for hydroxylation is 1. The lowest BCUT2D eigenvalue weighted by Crippen LogP contribution is -2.14. The molecular formula is C23H25N5O3. The Kier molecular flexibility index (Phi) is 6.52. The molecule has 4 rings (SSSR count). The van der Waals surface area contributed by atoms with Crippen LogP contribution in [0.5, 0.6) is 11.6 Å². The van der Waals surface area contributed by atoms with E-state index >= 15 is 0 Å². The van der Waals surface area contributed by atoms with Crippen molar-refractivity contribution in [3.05, 3.63) is 53.5 Å². The Balaban J connectivity index is 1.67. The summed E-state index contributed by atoms with van der Waals surface area (Å²) in [5.41, 5.74) is 8.98. The van der Waals surface area contributed by atoms with Gasteiger partial charge in [-0.1, -0.05) is 6.07 Å². The number of ether oxygens (including phenoxy) is 2. The van der Waals surface area contributed by atoms with Gasteiger partial charge in [0.25, 0.3) is 0 Å². The van der Waals surface area contributed by atoms with Crippen molar-refractivity contribution in [2.24, 2.45) is 12.8 Å². The van der Waals surface area contributed by atoms with Crippen LogP contribution in [-0.2, 0) is 23.0 Å². The van der Waals surface area contributed by atoms with Crippen molar-refractivity contribution in [1.82, 2.24) is 19.7 Å². The highest BCUT2D eigenvalue weighted by molar-refractivity contribution is 5.77. The van der Waals surface area contributed by atoms with Crippen LogP contribution in [0.1, 0.15) is 35.6 Å². The molecule has 1 fully saturated rings. The zero-order valence-electron chi connectivity index (χ0n) is 17.5. The summed E-state index contributed by atoms with van der Waals surface area (Å²) in [6, 6.07) is 7.39. The smallest absolute Gasteiger partial charge is 0.217 e. The first-order valence-electron chi connectivity index (χ1n) is 10.3. The van der Waals surface area contributed by atoms with Gasteiger partial charge < -0.3 is 15.2 Å². The Hall–Kier alpha value is -3.32. The largest absolute Gasteiger partial charge is 0.439 e. The molecule has 3 aromatic rings. The Morgan fingerprint density at radius 1 is 1.26 bits per heavy atom. The maximum Gasteiger partial charge on any atom is 0.217 e. The van der Waals surface area contributed by atoms with Crippen molar-refractivity contribution in [3.63, 3.8) is 0 Å². The summed E-state index contributed by atoms with van der Waals surface area (Å²) in [4.78, 5) is 19.8. The van der Waals surface area contributed by atoms with E-state index in [4.69, 9.17) is 15.2 Å². The summed E-state index contributed by atoms with van der Waals surface area (Å²) < 4.78 is 13.4. The van der Waals surface area contributed by atoms with Crippen molar-refractivity contribution in [2.75, 3.05) is 19.8 Å². The van der Waals surface area contributed by atoms with E-state index in [1.807, 2.05) is 25.1 Å². The Bertz CT molecular complexity index is 1080. The van der Waals surface area contributed by atoms with Crippen molar-refractivity contribution in [2.45, 2.75) is 25.2 Å². The third kappa shape index (κ3) is 4.88. The highest BCUT2D eigenvalue weighted by atomic mass is 16.5.